The van der Waals surface area contributed by atoms with Crippen LogP contribution in [0.5, 0.6) is 5.75 Å². The summed E-state index contributed by atoms with van der Waals surface area (Å²) in [4.78, 5) is 11.9. The van der Waals surface area contributed by atoms with E-state index in [1.54, 1.807) is 18.2 Å². The van der Waals surface area contributed by atoms with Crippen molar-refractivity contribution in [3.05, 3.63) is 23.8 Å². The SMILES string of the molecule is CCCCNC(=O)Nc1ccc(C(N)=S)cc1OC. The molecular weight excluding hydrogens is 262 g/mol. The Hall–Kier alpha value is -1.82. The first-order valence-electron chi connectivity index (χ1n) is 6.11. The fourth-order valence-corrected chi connectivity index (χ4v) is 1.62. The van der Waals surface area contributed by atoms with Crippen LogP contribution in [-0.2, 0) is 0 Å². The second-order valence-electron chi connectivity index (χ2n) is 4.01. The van der Waals surface area contributed by atoms with Crippen molar-refractivity contribution in [3.63, 3.8) is 0 Å². The highest BCUT2D eigenvalue weighted by Gasteiger charge is 2.08. The molecule has 6 heteroatoms. The Labute approximate surface area is 118 Å². The maximum absolute atomic E-state index is 11.6. The summed E-state index contributed by atoms with van der Waals surface area (Å²) in [5.74, 6) is 0.524. The van der Waals surface area contributed by atoms with Gasteiger partial charge in [-0.25, -0.2) is 4.79 Å². The van der Waals surface area contributed by atoms with E-state index in [1.165, 1.54) is 7.11 Å². The van der Waals surface area contributed by atoms with E-state index in [4.69, 9.17) is 22.7 Å². The van der Waals surface area contributed by atoms with Gasteiger partial charge in [0.05, 0.1) is 12.8 Å². The fraction of sp³-hybridized carbons (Fsp3) is 0.385. The summed E-state index contributed by atoms with van der Waals surface area (Å²) < 4.78 is 5.20. The van der Waals surface area contributed by atoms with E-state index < -0.39 is 0 Å². The minimum Gasteiger partial charge on any atom is -0.495 e. The van der Waals surface area contributed by atoms with Crippen molar-refractivity contribution in [1.82, 2.24) is 5.32 Å². The molecule has 104 valence electrons. The molecule has 1 aromatic carbocycles. The van der Waals surface area contributed by atoms with Gasteiger partial charge in [-0.1, -0.05) is 25.6 Å². The minimum atomic E-state index is -0.255. The molecule has 5 nitrogen and oxygen atoms in total. The molecule has 1 aromatic rings. The average Bonchev–Trinajstić information content (AvgIpc) is 2.39. The number of hydrogen-bond acceptors (Lipinski definition) is 3. The number of anilines is 1. The zero-order chi connectivity index (χ0) is 14.3. The third kappa shape index (κ3) is 4.75. The molecule has 4 N–H and O–H groups in total. The van der Waals surface area contributed by atoms with E-state index in [-0.39, 0.29) is 11.0 Å². The third-order valence-corrected chi connectivity index (χ3v) is 2.79. The summed E-state index contributed by atoms with van der Waals surface area (Å²) in [6.45, 7) is 2.71. The molecule has 0 radical (unpaired) electrons. The van der Waals surface area contributed by atoms with Crippen LogP contribution in [0.3, 0.4) is 0 Å². The smallest absolute Gasteiger partial charge is 0.319 e. The van der Waals surface area contributed by atoms with Crippen molar-refractivity contribution in [3.8, 4) is 5.75 Å². The molecule has 0 spiro atoms. The normalized spacial score (nSPS) is 9.79. The van der Waals surface area contributed by atoms with Crippen molar-refractivity contribution in [1.29, 1.82) is 0 Å². The number of nitrogens with one attached hydrogen (secondary N) is 2. The van der Waals surface area contributed by atoms with E-state index in [1.807, 2.05) is 0 Å². The number of amides is 2. The van der Waals surface area contributed by atoms with Crippen LogP contribution in [0.15, 0.2) is 18.2 Å². The average molecular weight is 281 g/mol. The van der Waals surface area contributed by atoms with Crippen molar-refractivity contribution < 1.29 is 9.53 Å². The first kappa shape index (κ1) is 15.2. The van der Waals surface area contributed by atoms with Gasteiger partial charge in [-0.2, -0.15) is 0 Å². The summed E-state index contributed by atoms with van der Waals surface area (Å²) in [5, 5.41) is 5.49. The monoisotopic (exact) mass is 281 g/mol. The standard InChI is InChI=1S/C13H19N3O2S/c1-3-4-7-15-13(17)16-10-6-5-9(12(14)19)8-11(10)18-2/h5-6,8H,3-4,7H2,1-2H3,(H2,14,19)(H2,15,16,17). The predicted octanol–water partition coefficient (Wildman–Crippen LogP) is 2.25. The molecule has 0 aliphatic rings. The van der Waals surface area contributed by atoms with E-state index >= 15 is 0 Å². The Kier molecular flexibility index (Phi) is 6.08. The van der Waals surface area contributed by atoms with Gasteiger partial charge in [-0.3, -0.25) is 0 Å². The van der Waals surface area contributed by atoms with Crippen LogP contribution in [0, 0.1) is 0 Å². The maximum atomic E-state index is 11.6. The molecule has 0 aromatic heterocycles. The largest absolute Gasteiger partial charge is 0.495 e. The Balaban J connectivity index is 2.72. The molecule has 0 aliphatic carbocycles. The van der Waals surface area contributed by atoms with Crippen molar-refractivity contribution in [2.24, 2.45) is 5.73 Å². The Bertz CT molecular complexity index is 463. The molecule has 0 aliphatic heterocycles. The Morgan fingerprint density at radius 1 is 1.47 bits per heavy atom. The van der Waals surface area contributed by atoms with Gasteiger partial charge in [0.15, 0.2) is 0 Å². The number of carbonyl (C=O) groups excluding carboxylic acids is 1. The predicted molar refractivity (Wildman–Crippen MR) is 80.8 cm³/mol. The van der Waals surface area contributed by atoms with E-state index in [2.05, 4.69) is 17.6 Å². The number of benzene rings is 1. The summed E-state index contributed by atoms with van der Waals surface area (Å²) >= 11 is 4.89. The molecule has 0 atom stereocenters. The van der Waals surface area contributed by atoms with Gasteiger partial charge in [0.2, 0.25) is 0 Å². The molecule has 0 fully saturated rings. The number of thiocarbonyl (C=S) groups is 1. The molecular formula is C13H19N3O2S. The van der Waals surface area contributed by atoms with Crippen molar-refractivity contribution >= 4 is 28.9 Å². The number of hydrogen-bond donors (Lipinski definition) is 3. The minimum absolute atomic E-state index is 0.255. The zero-order valence-electron chi connectivity index (χ0n) is 11.2. The third-order valence-electron chi connectivity index (χ3n) is 2.55. The van der Waals surface area contributed by atoms with Crippen LogP contribution in [0.4, 0.5) is 10.5 Å². The van der Waals surface area contributed by atoms with Crippen LogP contribution in [-0.4, -0.2) is 24.7 Å². The maximum Gasteiger partial charge on any atom is 0.319 e. The molecule has 0 heterocycles. The lowest BCUT2D eigenvalue weighted by Crippen LogP contribution is -2.29. The van der Waals surface area contributed by atoms with Gasteiger partial charge in [-0.15, -0.1) is 0 Å². The van der Waals surface area contributed by atoms with Gasteiger partial charge in [-0.05, 0) is 24.6 Å². The lowest BCUT2D eigenvalue weighted by atomic mass is 10.2. The van der Waals surface area contributed by atoms with E-state index in [0.717, 1.165) is 12.8 Å². The van der Waals surface area contributed by atoms with Gasteiger partial charge < -0.3 is 21.1 Å². The van der Waals surface area contributed by atoms with Crippen LogP contribution < -0.4 is 21.1 Å². The second kappa shape index (κ2) is 7.58. The number of carbonyl (C=O) groups is 1. The van der Waals surface area contributed by atoms with Gasteiger partial charge in [0, 0.05) is 12.1 Å². The number of urea groups is 1. The number of ether oxygens (including phenoxy) is 1. The zero-order valence-corrected chi connectivity index (χ0v) is 12.0. The molecule has 2 amide bonds. The lowest BCUT2D eigenvalue weighted by molar-refractivity contribution is 0.252. The highest BCUT2D eigenvalue weighted by atomic mass is 32.1. The Morgan fingerprint density at radius 3 is 2.79 bits per heavy atom. The lowest BCUT2D eigenvalue weighted by Gasteiger charge is -2.12. The first-order valence-corrected chi connectivity index (χ1v) is 6.52. The fourth-order valence-electron chi connectivity index (χ4n) is 1.49. The topological polar surface area (TPSA) is 76.4 Å². The van der Waals surface area contributed by atoms with Crippen LogP contribution in [0.25, 0.3) is 0 Å². The molecule has 0 saturated heterocycles. The number of nitrogens with two attached hydrogens (primary N) is 1. The molecule has 0 saturated carbocycles. The molecule has 0 unspecified atom stereocenters. The van der Waals surface area contributed by atoms with Crippen molar-refractivity contribution in [2.75, 3.05) is 19.0 Å². The quantitative estimate of drug-likeness (QED) is 0.552. The van der Waals surface area contributed by atoms with Crippen molar-refractivity contribution in [2.45, 2.75) is 19.8 Å². The highest BCUT2D eigenvalue weighted by Crippen LogP contribution is 2.25. The molecule has 0 bridgehead atoms. The number of rotatable bonds is 6. The second-order valence-corrected chi connectivity index (χ2v) is 4.45. The Morgan fingerprint density at radius 2 is 2.21 bits per heavy atom. The summed E-state index contributed by atoms with van der Waals surface area (Å²) in [6, 6.07) is 4.90. The van der Waals surface area contributed by atoms with Gasteiger partial charge in [0.25, 0.3) is 0 Å². The summed E-state index contributed by atoms with van der Waals surface area (Å²) in [6.07, 6.45) is 1.98. The molecule has 1 rings (SSSR count). The number of unbranched alkanes of at least 4 members (excludes halogenated alkanes) is 1. The van der Waals surface area contributed by atoms with Crippen LogP contribution >= 0.6 is 12.2 Å². The van der Waals surface area contributed by atoms with Gasteiger partial charge in [0.1, 0.15) is 10.7 Å². The molecule has 19 heavy (non-hydrogen) atoms. The first-order chi connectivity index (χ1) is 9.08. The summed E-state index contributed by atoms with van der Waals surface area (Å²) in [5.41, 5.74) is 6.82. The van der Waals surface area contributed by atoms with E-state index in [0.29, 0.717) is 23.5 Å². The van der Waals surface area contributed by atoms with Gasteiger partial charge >= 0.3 is 6.03 Å². The summed E-state index contributed by atoms with van der Waals surface area (Å²) in [7, 11) is 1.53. The highest BCUT2D eigenvalue weighted by molar-refractivity contribution is 7.80. The van der Waals surface area contributed by atoms with Crippen LogP contribution in [0.1, 0.15) is 25.3 Å². The van der Waals surface area contributed by atoms with Crippen LogP contribution in [0.2, 0.25) is 0 Å². The van der Waals surface area contributed by atoms with E-state index in [9.17, 15) is 4.79 Å². The number of methoxy groups -OCH3 is 1.